The highest BCUT2D eigenvalue weighted by Gasteiger charge is 2.34. The third-order valence-electron chi connectivity index (χ3n) is 8.08. The van der Waals surface area contributed by atoms with Crippen LogP contribution in [0.2, 0.25) is 0 Å². The summed E-state index contributed by atoms with van der Waals surface area (Å²) in [6.45, 7) is 12.0. The van der Waals surface area contributed by atoms with Gasteiger partial charge in [-0.25, -0.2) is 4.79 Å². The summed E-state index contributed by atoms with van der Waals surface area (Å²) in [6, 6.07) is 15.2. The second-order valence-corrected chi connectivity index (χ2v) is 12.6. The molecule has 2 radical (unpaired) electrons. The van der Waals surface area contributed by atoms with Crippen molar-refractivity contribution in [3.63, 3.8) is 0 Å². The molecule has 45 heavy (non-hydrogen) atoms. The molecule has 0 spiro atoms. The quantitative estimate of drug-likeness (QED) is 0.171. The molecule has 2 atom stereocenters. The van der Waals surface area contributed by atoms with Gasteiger partial charge in [-0.05, 0) is 69.3 Å². The Hall–Kier alpha value is -3.24. The van der Waals surface area contributed by atoms with Crippen LogP contribution < -0.4 is 9.47 Å². The van der Waals surface area contributed by atoms with E-state index in [-0.39, 0.29) is 36.6 Å². The molecular weight excluding hydrogens is 569 g/mol. The summed E-state index contributed by atoms with van der Waals surface area (Å²) < 4.78 is 22.4. The SMILES string of the molecule is [B]N1CC(COC(=O)N(CCc2ccccc2)CCC(C)C)CC(N(C(=O)c2ccc(OC)c(OCCCOC)c2)C(C)C)C1. The average Bonchev–Trinajstić information content (AvgIpc) is 3.02. The molecular formula is C35H52BN3O6. The van der Waals surface area contributed by atoms with Gasteiger partial charge in [-0.2, -0.15) is 0 Å². The molecule has 246 valence electrons. The van der Waals surface area contributed by atoms with Crippen molar-refractivity contribution in [3.8, 4) is 11.5 Å². The molecule has 0 aromatic heterocycles. The highest BCUT2D eigenvalue weighted by atomic mass is 16.6. The van der Waals surface area contributed by atoms with E-state index in [1.54, 1.807) is 37.2 Å². The molecule has 0 bridgehead atoms. The average molecular weight is 622 g/mol. The van der Waals surface area contributed by atoms with Crippen molar-refractivity contribution in [1.29, 1.82) is 0 Å². The van der Waals surface area contributed by atoms with Crippen LogP contribution in [0, 0.1) is 11.8 Å². The lowest BCUT2D eigenvalue weighted by molar-refractivity contribution is 0.0328. The lowest BCUT2D eigenvalue weighted by Crippen LogP contribution is -2.55. The summed E-state index contributed by atoms with van der Waals surface area (Å²) in [5.41, 5.74) is 1.70. The second kappa shape index (κ2) is 18.7. The molecule has 0 aliphatic carbocycles. The largest absolute Gasteiger partial charge is 0.493 e. The van der Waals surface area contributed by atoms with E-state index in [2.05, 4.69) is 26.0 Å². The van der Waals surface area contributed by atoms with Crippen molar-refractivity contribution in [2.45, 2.75) is 65.5 Å². The molecule has 0 saturated carbocycles. The van der Waals surface area contributed by atoms with E-state index in [9.17, 15) is 9.59 Å². The molecule has 2 aromatic rings. The van der Waals surface area contributed by atoms with Crippen LogP contribution in [0.25, 0.3) is 0 Å². The molecule has 1 aliphatic heterocycles. The van der Waals surface area contributed by atoms with E-state index in [1.165, 1.54) is 5.56 Å². The second-order valence-electron chi connectivity index (χ2n) is 12.6. The standard InChI is InChI=1S/C35H52BN3O6/c1-26(2)15-17-37(18-16-28-11-8-7-9-12-28)35(41)45-25-29-21-31(24-38(36)23-29)39(27(3)4)34(40)30-13-14-32(43-6)33(22-30)44-20-10-19-42-5/h7-9,11-14,22,26-27,29,31H,10,15-21,23-25H2,1-6H3. The molecule has 2 unspecified atom stereocenters. The van der Waals surface area contributed by atoms with Crippen LogP contribution >= 0.6 is 0 Å². The maximum atomic E-state index is 14.0. The predicted octanol–water partition coefficient (Wildman–Crippen LogP) is 5.46. The summed E-state index contributed by atoms with van der Waals surface area (Å²) in [5.74, 6) is 1.45. The summed E-state index contributed by atoms with van der Waals surface area (Å²) in [4.78, 5) is 32.7. The Morgan fingerprint density at radius 2 is 1.73 bits per heavy atom. The van der Waals surface area contributed by atoms with Crippen molar-refractivity contribution in [2.75, 3.05) is 60.2 Å². The van der Waals surface area contributed by atoms with Gasteiger partial charge in [0.15, 0.2) is 19.5 Å². The van der Waals surface area contributed by atoms with Gasteiger partial charge in [0.1, 0.15) is 0 Å². The van der Waals surface area contributed by atoms with Crippen molar-refractivity contribution in [1.82, 2.24) is 14.6 Å². The Kier molecular flexibility index (Phi) is 15.0. The summed E-state index contributed by atoms with van der Waals surface area (Å²) in [5, 5.41) is 0. The highest BCUT2D eigenvalue weighted by Crippen LogP contribution is 2.30. The first-order valence-electron chi connectivity index (χ1n) is 16.2. The van der Waals surface area contributed by atoms with Gasteiger partial charge in [0.05, 0.1) is 20.3 Å². The van der Waals surface area contributed by atoms with E-state index in [4.69, 9.17) is 26.9 Å². The summed E-state index contributed by atoms with van der Waals surface area (Å²) in [6.07, 6.45) is 2.77. The first-order valence-corrected chi connectivity index (χ1v) is 16.2. The van der Waals surface area contributed by atoms with Gasteiger partial charge >= 0.3 is 6.09 Å². The Bertz CT molecular complexity index is 1180. The van der Waals surface area contributed by atoms with Crippen LogP contribution in [-0.2, 0) is 15.9 Å². The fraction of sp³-hybridized carbons (Fsp3) is 0.600. The molecule has 1 heterocycles. The van der Waals surface area contributed by atoms with Crippen LogP contribution in [-0.4, -0.2) is 107 Å². The number of hydrogen-bond acceptors (Lipinski definition) is 7. The zero-order valence-corrected chi connectivity index (χ0v) is 28.1. The number of benzene rings is 2. The number of methoxy groups -OCH3 is 2. The fourth-order valence-corrected chi connectivity index (χ4v) is 5.71. The zero-order valence-electron chi connectivity index (χ0n) is 28.1. The van der Waals surface area contributed by atoms with Gasteiger partial charge in [-0.3, -0.25) is 4.79 Å². The number of hydrogen-bond donors (Lipinski definition) is 0. The van der Waals surface area contributed by atoms with Crippen LogP contribution in [0.5, 0.6) is 11.5 Å². The summed E-state index contributed by atoms with van der Waals surface area (Å²) in [7, 11) is 9.62. The lowest BCUT2D eigenvalue weighted by Gasteiger charge is -2.43. The van der Waals surface area contributed by atoms with Gasteiger partial charge in [-0.1, -0.05) is 44.2 Å². The minimum atomic E-state index is -0.301. The smallest absolute Gasteiger partial charge is 0.409 e. The number of piperidine rings is 1. The van der Waals surface area contributed by atoms with E-state index in [0.717, 1.165) is 19.3 Å². The van der Waals surface area contributed by atoms with Gasteiger partial charge < -0.3 is 33.6 Å². The van der Waals surface area contributed by atoms with Crippen LogP contribution in [0.15, 0.2) is 48.5 Å². The Morgan fingerprint density at radius 1 is 0.978 bits per heavy atom. The Balaban J connectivity index is 1.67. The Morgan fingerprint density at radius 3 is 2.40 bits per heavy atom. The molecule has 1 aliphatic rings. The van der Waals surface area contributed by atoms with E-state index < -0.39 is 0 Å². The first kappa shape index (κ1) is 36.2. The number of ether oxygens (including phenoxy) is 4. The predicted molar refractivity (Wildman–Crippen MR) is 178 cm³/mol. The molecule has 3 rings (SSSR count). The van der Waals surface area contributed by atoms with Crippen molar-refractivity contribution in [3.05, 3.63) is 59.7 Å². The Labute approximate surface area is 271 Å². The monoisotopic (exact) mass is 621 g/mol. The zero-order chi connectivity index (χ0) is 32.8. The lowest BCUT2D eigenvalue weighted by atomic mass is 9.90. The number of amides is 2. The number of rotatable bonds is 17. The van der Waals surface area contributed by atoms with Gasteiger partial charge in [-0.15, -0.1) is 0 Å². The van der Waals surface area contributed by atoms with Gasteiger partial charge in [0.2, 0.25) is 0 Å². The molecule has 10 heteroatoms. The van der Waals surface area contributed by atoms with Crippen LogP contribution in [0.4, 0.5) is 4.79 Å². The molecule has 2 aromatic carbocycles. The molecule has 2 amide bonds. The summed E-state index contributed by atoms with van der Waals surface area (Å²) >= 11 is 0. The maximum absolute atomic E-state index is 14.0. The minimum absolute atomic E-state index is 0.0108. The van der Waals surface area contributed by atoms with Crippen LogP contribution in [0.3, 0.4) is 0 Å². The van der Waals surface area contributed by atoms with Crippen molar-refractivity contribution < 1.29 is 28.5 Å². The minimum Gasteiger partial charge on any atom is -0.493 e. The van der Waals surface area contributed by atoms with Crippen LogP contribution in [0.1, 0.15) is 62.9 Å². The molecule has 9 nitrogen and oxygen atoms in total. The fourth-order valence-electron chi connectivity index (χ4n) is 5.71. The maximum Gasteiger partial charge on any atom is 0.409 e. The molecule has 0 N–H and O–H groups in total. The third kappa shape index (κ3) is 11.6. The van der Waals surface area contributed by atoms with E-state index >= 15 is 0 Å². The van der Waals surface area contributed by atoms with E-state index in [1.807, 2.05) is 41.8 Å². The number of nitrogens with zero attached hydrogens (tertiary/aromatic N) is 3. The number of carbonyl (C=O) groups is 2. The molecule has 1 saturated heterocycles. The van der Waals surface area contributed by atoms with Crippen molar-refractivity contribution >= 4 is 20.0 Å². The normalized spacial score (nSPS) is 16.9. The van der Waals surface area contributed by atoms with Crippen molar-refractivity contribution in [2.24, 2.45) is 11.8 Å². The van der Waals surface area contributed by atoms with Gasteiger partial charge in [0, 0.05) is 63.3 Å². The molecule has 1 fully saturated rings. The topological polar surface area (TPSA) is 80.8 Å². The third-order valence-corrected chi connectivity index (χ3v) is 8.08. The van der Waals surface area contributed by atoms with E-state index in [0.29, 0.717) is 68.8 Å². The highest BCUT2D eigenvalue weighted by molar-refractivity contribution is 6.04. The number of carbonyl (C=O) groups excluding carboxylic acids is 2. The first-order chi connectivity index (χ1) is 21.6. The van der Waals surface area contributed by atoms with Gasteiger partial charge in [0.25, 0.3) is 5.91 Å².